The molecule has 0 aromatic heterocycles. The van der Waals surface area contributed by atoms with Gasteiger partial charge in [-0.2, -0.15) is 0 Å². The van der Waals surface area contributed by atoms with Gasteiger partial charge in [-0.15, -0.1) is 0 Å². The maximum atomic E-state index is 11.9. The lowest BCUT2D eigenvalue weighted by molar-refractivity contribution is -0.134. The zero-order valence-electron chi connectivity index (χ0n) is 8.04. The molecular weight excluding hydrogens is 164 g/mol. The van der Waals surface area contributed by atoms with Crippen molar-refractivity contribution < 1.29 is 4.79 Å². The molecule has 1 radical (unpaired) electrons. The molecule has 1 atom stereocenters. The molecule has 73 valence electrons. The fraction of sp³-hybridized carbons (Fsp3) is 0.900. The van der Waals surface area contributed by atoms with Crippen LogP contribution in [0.3, 0.4) is 0 Å². The van der Waals surface area contributed by atoms with E-state index < -0.39 is 0 Å². The van der Waals surface area contributed by atoms with Crippen molar-refractivity contribution in [2.24, 2.45) is 5.92 Å². The number of likely N-dealkylation sites (tertiary alicyclic amines) is 1. The third-order valence-corrected chi connectivity index (χ3v) is 2.99. The molecule has 3 heteroatoms. The highest BCUT2D eigenvalue weighted by molar-refractivity contribution is 5.79. The van der Waals surface area contributed by atoms with E-state index in [1.54, 1.807) is 0 Å². The Labute approximate surface area is 79.5 Å². The molecule has 3 nitrogen and oxygen atoms in total. The standard InChI is InChI=1S/C10H17N2O/c13-10(12-6-1-2-7-12)9-4-3-5-11-8-9/h9H,1-8H2. The summed E-state index contributed by atoms with van der Waals surface area (Å²) < 4.78 is 0. The molecule has 0 aromatic carbocycles. The van der Waals surface area contributed by atoms with E-state index in [0.29, 0.717) is 5.91 Å². The van der Waals surface area contributed by atoms with Crippen LogP contribution in [0.1, 0.15) is 25.7 Å². The molecule has 0 bridgehead atoms. The van der Waals surface area contributed by atoms with Crippen molar-refractivity contribution in [2.75, 3.05) is 26.2 Å². The highest BCUT2D eigenvalue weighted by Gasteiger charge is 2.27. The molecule has 1 amide bonds. The van der Waals surface area contributed by atoms with E-state index in [9.17, 15) is 4.79 Å². The third kappa shape index (κ3) is 2.02. The average Bonchev–Trinajstić information content (AvgIpc) is 2.71. The van der Waals surface area contributed by atoms with Crippen LogP contribution in [-0.2, 0) is 4.79 Å². The van der Waals surface area contributed by atoms with E-state index in [0.717, 1.165) is 39.0 Å². The Morgan fingerprint density at radius 3 is 2.62 bits per heavy atom. The molecule has 2 rings (SSSR count). The Morgan fingerprint density at radius 2 is 2.00 bits per heavy atom. The van der Waals surface area contributed by atoms with Gasteiger partial charge in [0.1, 0.15) is 0 Å². The maximum Gasteiger partial charge on any atom is 0.227 e. The minimum Gasteiger partial charge on any atom is -0.342 e. The first-order chi connectivity index (χ1) is 6.38. The molecule has 0 saturated carbocycles. The van der Waals surface area contributed by atoms with Gasteiger partial charge in [0, 0.05) is 26.2 Å². The second-order valence-corrected chi connectivity index (χ2v) is 4.00. The number of carbonyl (C=O) groups excluding carboxylic acids is 1. The van der Waals surface area contributed by atoms with E-state index in [2.05, 4.69) is 5.32 Å². The van der Waals surface area contributed by atoms with E-state index in [-0.39, 0.29) is 5.92 Å². The van der Waals surface area contributed by atoms with Crippen LogP contribution in [0, 0.1) is 5.92 Å². The lowest BCUT2D eigenvalue weighted by Crippen LogP contribution is -2.39. The zero-order valence-corrected chi connectivity index (χ0v) is 8.04. The molecule has 2 heterocycles. The van der Waals surface area contributed by atoms with Gasteiger partial charge in [-0.1, -0.05) is 0 Å². The highest BCUT2D eigenvalue weighted by atomic mass is 16.2. The fourth-order valence-electron chi connectivity index (χ4n) is 2.19. The first kappa shape index (κ1) is 9.00. The largest absolute Gasteiger partial charge is 0.342 e. The number of piperidine rings is 1. The lowest BCUT2D eigenvalue weighted by Gasteiger charge is -2.25. The molecule has 0 aromatic rings. The Kier molecular flexibility index (Phi) is 2.83. The molecule has 1 unspecified atom stereocenters. The highest BCUT2D eigenvalue weighted by Crippen LogP contribution is 2.17. The number of nitrogens with zero attached hydrogens (tertiary/aromatic N) is 2. The maximum absolute atomic E-state index is 11.9. The van der Waals surface area contributed by atoms with Crippen LogP contribution in [0.5, 0.6) is 0 Å². The number of hydrogen-bond donors (Lipinski definition) is 0. The quantitative estimate of drug-likeness (QED) is 0.584. The Bertz CT molecular complexity index is 181. The molecule has 0 spiro atoms. The Balaban J connectivity index is 1.87. The van der Waals surface area contributed by atoms with E-state index in [1.165, 1.54) is 12.8 Å². The summed E-state index contributed by atoms with van der Waals surface area (Å²) in [5.41, 5.74) is 0. The SMILES string of the molecule is O=C(C1CCC[N]C1)N1CCCC1. The molecular formula is C10H17N2O. The molecule has 2 aliphatic heterocycles. The zero-order chi connectivity index (χ0) is 9.10. The Hall–Kier alpha value is -0.570. The van der Waals surface area contributed by atoms with Crippen molar-refractivity contribution in [3.8, 4) is 0 Å². The smallest absolute Gasteiger partial charge is 0.227 e. The summed E-state index contributed by atoms with van der Waals surface area (Å²) in [6, 6.07) is 0. The molecule has 0 N–H and O–H groups in total. The van der Waals surface area contributed by atoms with Crippen LogP contribution in [-0.4, -0.2) is 37.0 Å². The topological polar surface area (TPSA) is 34.4 Å². The molecule has 13 heavy (non-hydrogen) atoms. The van der Waals surface area contributed by atoms with Crippen molar-refractivity contribution in [1.82, 2.24) is 10.2 Å². The second-order valence-electron chi connectivity index (χ2n) is 4.00. The summed E-state index contributed by atoms with van der Waals surface area (Å²) in [6.07, 6.45) is 4.54. The first-order valence-electron chi connectivity index (χ1n) is 5.30. The van der Waals surface area contributed by atoms with Crippen molar-refractivity contribution in [3.05, 3.63) is 0 Å². The number of carbonyl (C=O) groups is 1. The summed E-state index contributed by atoms with van der Waals surface area (Å²) in [4.78, 5) is 13.9. The van der Waals surface area contributed by atoms with Crippen molar-refractivity contribution in [2.45, 2.75) is 25.7 Å². The lowest BCUT2D eigenvalue weighted by atomic mass is 9.98. The van der Waals surface area contributed by atoms with Crippen molar-refractivity contribution in [1.29, 1.82) is 0 Å². The van der Waals surface area contributed by atoms with Gasteiger partial charge in [0.05, 0.1) is 5.92 Å². The van der Waals surface area contributed by atoms with Crippen LogP contribution in [0.2, 0.25) is 0 Å². The minimum atomic E-state index is 0.215. The van der Waals surface area contributed by atoms with Gasteiger partial charge in [0.25, 0.3) is 0 Å². The van der Waals surface area contributed by atoms with Gasteiger partial charge in [-0.25, -0.2) is 5.32 Å². The Morgan fingerprint density at radius 1 is 1.23 bits per heavy atom. The van der Waals surface area contributed by atoms with Gasteiger partial charge in [-0.05, 0) is 25.7 Å². The number of hydrogen-bond acceptors (Lipinski definition) is 1. The second kappa shape index (κ2) is 4.09. The molecule has 0 aliphatic carbocycles. The van der Waals surface area contributed by atoms with Gasteiger partial charge >= 0.3 is 0 Å². The van der Waals surface area contributed by atoms with E-state index in [4.69, 9.17) is 0 Å². The predicted molar refractivity (Wildman–Crippen MR) is 50.4 cm³/mol. The van der Waals surface area contributed by atoms with Gasteiger partial charge in [0.15, 0.2) is 0 Å². The molecule has 2 fully saturated rings. The van der Waals surface area contributed by atoms with E-state index in [1.807, 2.05) is 4.90 Å². The monoisotopic (exact) mass is 181 g/mol. The van der Waals surface area contributed by atoms with Crippen LogP contribution < -0.4 is 5.32 Å². The van der Waals surface area contributed by atoms with Crippen molar-refractivity contribution >= 4 is 5.91 Å². The summed E-state index contributed by atoms with van der Waals surface area (Å²) in [6.45, 7) is 3.70. The molecule has 2 saturated heterocycles. The summed E-state index contributed by atoms with van der Waals surface area (Å²) >= 11 is 0. The normalized spacial score (nSPS) is 29.2. The van der Waals surface area contributed by atoms with Gasteiger partial charge < -0.3 is 4.90 Å². The average molecular weight is 181 g/mol. The summed E-state index contributed by atoms with van der Waals surface area (Å²) in [7, 11) is 0. The van der Waals surface area contributed by atoms with Crippen molar-refractivity contribution in [3.63, 3.8) is 0 Å². The summed E-state index contributed by atoms with van der Waals surface area (Å²) in [5.74, 6) is 0.577. The van der Waals surface area contributed by atoms with Gasteiger partial charge in [0.2, 0.25) is 5.91 Å². The summed E-state index contributed by atoms with van der Waals surface area (Å²) in [5, 5.41) is 4.30. The van der Waals surface area contributed by atoms with Gasteiger partial charge in [-0.3, -0.25) is 4.79 Å². The van der Waals surface area contributed by atoms with Crippen LogP contribution in [0.15, 0.2) is 0 Å². The van der Waals surface area contributed by atoms with Crippen LogP contribution in [0.25, 0.3) is 0 Å². The fourth-order valence-corrected chi connectivity index (χ4v) is 2.19. The number of rotatable bonds is 1. The van der Waals surface area contributed by atoms with Crippen LogP contribution in [0.4, 0.5) is 0 Å². The first-order valence-corrected chi connectivity index (χ1v) is 5.30. The molecule has 2 aliphatic rings. The van der Waals surface area contributed by atoms with E-state index >= 15 is 0 Å². The number of amides is 1. The predicted octanol–water partition coefficient (Wildman–Crippen LogP) is 0.623. The third-order valence-electron chi connectivity index (χ3n) is 2.99. The minimum absolute atomic E-state index is 0.215. The van der Waals surface area contributed by atoms with Crippen LogP contribution >= 0.6 is 0 Å².